The van der Waals surface area contributed by atoms with Crippen molar-refractivity contribution in [1.29, 1.82) is 0 Å². The molecular weight excluding hydrogens is 374 g/mol. The Morgan fingerprint density at radius 2 is 1.71 bits per heavy atom. The van der Waals surface area contributed by atoms with Gasteiger partial charge in [0, 0.05) is 19.3 Å². The molecule has 0 aliphatic carbocycles. The van der Waals surface area contributed by atoms with Crippen molar-refractivity contribution in [1.82, 2.24) is 13.7 Å². The van der Waals surface area contributed by atoms with Gasteiger partial charge in [-0.2, -0.15) is 9.29 Å². The maximum Gasteiger partial charge on any atom is 0.281 e. The highest BCUT2D eigenvalue weighted by Crippen LogP contribution is 2.26. The standard InChI is InChI=1S/C21H17N3O3S/c25-21-18-13-17(8-9-19(18)24-11-4-3-7-20(24)22-21)28(26,27)23-12-10-15-5-1-2-6-16(15)14-23/h1-9,11,13H,10,12,14H2. The number of pyridine rings is 1. The molecule has 0 radical (unpaired) electrons. The first kappa shape index (κ1) is 17.1. The Bertz CT molecular complexity index is 1390. The van der Waals surface area contributed by atoms with Gasteiger partial charge in [0.25, 0.3) is 5.56 Å². The van der Waals surface area contributed by atoms with E-state index in [4.69, 9.17) is 0 Å². The second-order valence-corrected chi connectivity index (χ2v) is 8.82. The number of aromatic nitrogens is 2. The summed E-state index contributed by atoms with van der Waals surface area (Å²) in [6.45, 7) is 0.762. The lowest BCUT2D eigenvalue weighted by Crippen LogP contribution is -2.36. The summed E-state index contributed by atoms with van der Waals surface area (Å²) in [5, 5.41) is 0.294. The van der Waals surface area contributed by atoms with Crippen LogP contribution in [0.2, 0.25) is 0 Å². The number of hydrogen-bond donors (Lipinski definition) is 0. The number of nitrogens with zero attached hydrogens (tertiary/aromatic N) is 3. The summed E-state index contributed by atoms with van der Waals surface area (Å²) in [7, 11) is -3.71. The average molecular weight is 391 g/mol. The van der Waals surface area contributed by atoms with Crippen LogP contribution >= 0.6 is 0 Å². The van der Waals surface area contributed by atoms with Crippen molar-refractivity contribution in [2.24, 2.45) is 0 Å². The Morgan fingerprint density at radius 1 is 0.929 bits per heavy atom. The van der Waals surface area contributed by atoms with Crippen LogP contribution in [0.1, 0.15) is 11.1 Å². The summed E-state index contributed by atoms with van der Waals surface area (Å²) in [4.78, 5) is 16.7. The minimum absolute atomic E-state index is 0.120. The fraction of sp³-hybridized carbons (Fsp3) is 0.143. The topological polar surface area (TPSA) is 71.8 Å². The predicted molar refractivity (Wildman–Crippen MR) is 107 cm³/mol. The van der Waals surface area contributed by atoms with Crippen LogP contribution in [0.25, 0.3) is 16.6 Å². The molecule has 0 N–H and O–H groups in total. The number of fused-ring (bicyclic) bond motifs is 4. The highest BCUT2D eigenvalue weighted by molar-refractivity contribution is 7.89. The molecule has 0 saturated heterocycles. The second-order valence-electron chi connectivity index (χ2n) is 6.88. The van der Waals surface area contributed by atoms with E-state index in [0.717, 1.165) is 5.56 Å². The van der Waals surface area contributed by atoms with Crippen LogP contribution in [0, 0.1) is 0 Å². The van der Waals surface area contributed by atoms with Crippen molar-refractivity contribution in [2.75, 3.05) is 6.54 Å². The Kier molecular flexibility index (Phi) is 3.82. The second kappa shape index (κ2) is 6.25. The molecule has 0 spiro atoms. The van der Waals surface area contributed by atoms with Crippen LogP contribution in [0.5, 0.6) is 0 Å². The molecule has 0 saturated carbocycles. The molecule has 2 aromatic carbocycles. The Labute approximate surface area is 161 Å². The summed E-state index contributed by atoms with van der Waals surface area (Å²) < 4.78 is 29.7. The maximum atomic E-state index is 13.2. The zero-order valence-corrected chi connectivity index (χ0v) is 15.8. The van der Waals surface area contributed by atoms with Gasteiger partial charge in [-0.3, -0.25) is 4.79 Å². The molecule has 0 amide bonds. The van der Waals surface area contributed by atoms with Crippen LogP contribution in [0.3, 0.4) is 0 Å². The summed E-state index contributed by atoms with van der Waals surface area (Å²) in [5.41, 5.74) is 2.94. The first-order chi connectivity index (χ1) is 13.5. The van der Waals surface area contributed by atoms with E-state index < -0.39 is 15.6 Å². The summed E-state index contributed by atoms with van der Waals surface area (Å²) >= 11 is 0. The van der Waals surface area contributed by atoms with E-state index in [-0.39, 0.29) is 4.90 Å². The average Bonchev–Trinajstić information content (AvgIpc) is 2.73. The highest BCUT2D eigenvalue weighted by atomic mass is 32.2. The molecule has 4 aromatic rings. The highest BCUT2D eigenvalue weighted by Gasteiger charge is 2.28. The number of benzene rings is 2. The molecule has 140 valence electrons. The smallest absolute Gasteiger partial charge is 0.281 e. The molecule has 5 rings (SSSR count). The lowest BCUT2D eigenvalue weighted by molar-refractivity contribution is 0.391. The maximum absolute atomic E-state index is 13.2. The van der Waals surface area contributed by atoms with E-state index in [1.165, 1.54) is 15.9 Å². The van der Waals surface area contributed by atoms with Crippen molar-refractivity contribution in [3.05, 3.63) is 88.3 Å². The van der Waals surface area contributed by atoms with Gasteiger partial charge in [-0.1, -0.05) is 30.3 Å². The lowest BCUT2D eigenvalue weighted by Gasteiger charge is -2.28. The number of hydrogen-bond acceptors (Lipinski definition) is 4. The summed E-state index contributed by atoms with van der Waals surface area (Å²) in [6.07, 6.45) is 2.48. The Hall–Kier alpha value is -3.03. The third-order valence-corrected chi connectivity index (χ3v) is 7.09. The van der Waals surface area contributed by atoms with Crippen LogP contribution in [0.4, 0.5) is 0 Å². The zero-order valence-electron chi connectivity index (χ0n) is 14.9. The van der Waals surface area contributed by atoms with Gasteiger partial charge in [0.15, 0.2) is 0 Å². The van der Waals surface area contributed by atoms with Gasteiger partial charge < -0.3 is 4.40 Å². The Morgan fingerprint density at radius 3 is 2.57 bits per heavy atom. The predicted octanol–water partition coefficient (Wildman–Crippen LogP) is 2.59. The molecule has 7 heteroatoms. The molecule has 3 heterocycles. The molecule has 1 aliphatic heterocycles. The molecule has 0 unspecified atom stereocenters. The minimum Gasteiger partial charge on any atom is -0.301 e. The molecular formula is C21H17N3O3S. The van der Waals surface area contributed by atoms with E-state index in [0.29, 0.717) is 36.1 Å². The van der Waals surface area contributed by atoms with Crippen LogP contribution in [-0.4, -0.2) is 28.7 Å². The van der Waals surface area contributed by atoms with Crippen molar-refractivity contribution in [2.45, 2.75) is 17.9 Å². The van der Waals surface area contributed by atoms with Gasteiger partial charge in [0.2, 0.25) is 10.0 Å². The molecule has 28 heavy (non-hydrogen) atoms. The van der Waals surface area contributed by atoms with Gasteiger partial charge in [0.05, 0.1) is 15.8 Å². The molecule has 0 bridgehead atoms. The molecule has 0 atom stereocenters. The van der Waals surface area contributed by atoms with Crippen molar-refractivity contribution in [3.63, 3.8) is 0 Å². The minimum atomic E-state index is -3.71. The quantitative estimate of drug-likeness (QED) is 0.493. The summed E-state index contributed by atoms with van der Waals surface area (Å²) in [6, 6.07) is 18.0. The van der Waals surface area contributed by atoms with Gasteiger partial charge in [0.1, 0.15) is 5.65 Å². The van der Waals surface area contributed by atoms with E-state index in [1.54, 1.807) is 34.9 Å². The molecule has 0 fully saturated rings. The van der Waals surface area contributed by atoms with E-state index in [1.807, 2.05) is 30.3 Å². The van der Waals surface area contributed by atoms with Gasteiger partial charge in [-0.25, -0.2) is 8.42 Å². The molecule has 1 aliphatic rings. The van der Waals surface area contributed by atoms with Crippen molar-refractivity contribution in [3.8, 4) is 0 Å². The van der Waals surface area contributed by atoms with Crippen LogP contribution in [-0.2, 0) is 23.0 Å². The largest absolute Gasteiger partial charge is 0.301 e. The van der Waals surface area contributed by atoms with E-state index in [2.05, 4.69) is 4.98 Å². The lowest BCUT2D eigenvalue weighted by atomic mass is 10.0. The van der Waals surface area contributed by atoms with Crippen molar-refractivity contribution < 1.29 is 8.42 Å². The monoisotopic (exact) mass is 391 g/mol. The van der Waals surface area contributed by atoms with Crippen LogP contribution in [0.15, 0.2) is 76.6 Å². The first-order valence-electron chi connectivity index (χ1n) is 9.02. The van der Waals surface area contributed by atoms with E-state index >= 15 is 0 Å². The van der Waals surface area contributed by atoms with Gasteiger partial charge >= 0.3 is 0 Å². The SMILES string of the molecule is O=c1nc2ccccn2c2ccc(S(=O)(=O)N3CCc4ccccc4C3)cc12. The summed E-state index contributed by atoms with van der Waals surface area (Å²) in [5.74, 6) is 0. The van der Waals surface area contributed by atoms with Crippen LogP contribution < -0.4 is 5.56 Å². The zero-order chi connectivity index (χ0) is 19.3. The molecule has 6 nitrogen and oxygen atoms in total. The fourth-order valence-electron chi connectivity index (χ4n) is 3.77. The third kappa shape index (κ3) is 2.63. The number of sulfonamides is 1. The number of rotatable bonds is 2. The third-order valence-electron chi connectivity index (χ3n) is 5.25. The van der Waals surface area contributed by atoms with Gasteiger partial charge in [-0.05, 0) is 47.9 Å². The first-order valence-corrected chi connectivity index (χ1v) is 10.5. The molecule has 2 aromatic heterocycles. The van der Waals surface area contributed by atoms with Gasteiger partial charge in [-0.15, -0.1) is 0 Å². The Balaban J connectivity index is 1.62. The van der Waals surface area contributed by atoms with Crippen molar-refractivity contribution >= 4 is 26.6 Å². The van der Waals surface area contributed by atoms with E-state index in [9.17, 15) is 13.2 Å². The fourth-order valence-corrected chi connectivity index (χ4v) is 5.22. The normalized spacial score (nSPS) is 15.0.